The largest absolute Gasteiger partial charge is 0.476 e. The molecule has 0 unspecified atom stereocenters. The summed E-state index contributed by atoms with van der Waals surface area (Å²) in [5.74, 6) is -0.490. The first-order chi connectivity index (χ1) is 17.7. The number of carbonyl (C=O) groups excluding carboxylic acids is 1. The zero-order valence-electron chi connectivity index (χ0n) is 19.6. The van der Waals surface area contributed by atoms with Crippen LogP contribution in [0.1, 0.15) is 15.9 Å². The van der Waals surface area contributed by atoms with E-state index in [2.05, 4.69) is 19.9 Å². The Morgan fingerprint density at radius 1 is 1.08 bits per heavy atom. The molecule has 1 aliphatic heterocycles. The molecule has 1 aliphatic rings. The smallest absolute Gasteiger partial charge is 0.226 e. The molecule has 0 radical (unpaired) electrons. The number of carbonyl (C=O) groups is 1. The molecule has 182 valence electrons. The van der Waals surface area contributed by atoms with E-state index < -0.39 is 5.82 Å². The number of hydrogen-bond acceptors (Lipinski definition) is 7. The number of ether oxygens (including phenoxy) is 2. The van der Waals surface area contributed by atoms with Gasteiger partial charge in [-0.25, -0.2) is 19.3 Å². The number of fused-ring (bicyclic) bond motifs is 1. The van der Waals surface area contributed by atoms with E-state index in [-0.39, 0.29) is 17.2 Å². The first kappa shape index (κ1) is 23.7. The average molecular weight is 485 g/mol. The quantitative estimate of drug-likeness (QED) is 0.270. The van der Waals surface area contributed by atoms with E-state index in [1.54, 1.807) is 24.5 Å². The molecule has 3 heterocycles. The predicted molar refractivity (Wildman–Crippen MR) is 135 cm³/mol. The second-order valence-corrected chi connectivity index (χ2v) is 8.37. The molecule has 5 rings (SSSR count). The lowest BCUT2D eigenvalue weighted by Gasteiger charge is -2.26. The van der Waals surface area contributed by atoms with Crippen molar-refractivity contribution in [2.45, 2.75) is 0 Å². The minimum atomic E-state index is -0.405. The minimum Gasteiger partial charge on any atom is -0.476 e. The molecule has 0 atom stereocenters. The average Bonchev–Trinajstić information content (AvgIpc) is 2.93. The van der Waals surface area contributed by atoms with Crippen molar-refractivity contribution in [3.63, 3.8) is 0 Å². The van der Waals surface area contributed by atoms with Crippen LogP contribution >= 0.6 is 0 Å². The van der Waals surface area contributed by atoms with Crippen molar-refractivity contribution in [3.8, 4) is 17.0 Å². The lowest BCUT2D eigenvalue weighted by Crippen LogP contribution is -2.38. The van der Waals surface area contributed by atoms with Crippen molar-refractivity contribution < 1.29 is 18.7 Å². The molecular formula is C28H25FN4O3. The maximum absolute atomic E-state index is 14.4. The Morgan fingerprint density at radius 3 is 2.64 bits per heavy atom. The standard InChI is InChI=1S/C28H25FN4O3/c29-22-7-8-24-23(16-22)26(21-4-2-1-3-5-21)27(25(34)9-6-20-17-30-19-31-18-20)28(32-24)36-15-12-33-10-13-35-14-11-33/h1-9,16-19H,10-15H2/b9-6+. The van der Waals surface area contributed by atoms with Gasteiger partial charge < -0.3 is 9.47 Å². The maximum atomic E-state index is 14.4. The van der Waals surface area contributed by atoms with E-state index in [4.69, 9.17) is 9.47 Å². The highest BCUT2D eigenvalue weighted by Gasteiger charge is 2.23. The number of pyridine rings is 1. The summed E-state index contributed by atoms with van der Waals surface area (Å²) in [5, 5.41) is 0.543. The molecule has 2 aromatic carbocycles. The third kappa shape index (κ3) is 5.45. The number of benzene rings is 2. The number of halogens is 1. The maximum Gasteiger partial charge on any atom is 0.226 e. The van der Waals surface area contributed by atoms with E-state index in [1.165, 1.54) is 24.5 Å². The van der Waals surface area contributed by atoms with Crippen LogP contribution in [0.4, 0.5) is 4.39 Å². The van der Waals surface area contributed by atoms with Gasteiger partial charge in [0.25, 0.3) is 0 Å². The van der Waals surface area contributed by atoms with Crippen LogP contribution in [0.2, 0.25) is 0 Å². The summed E-state index contributed by atoms with van der Waals surface area (Å²) < 4.78 is 25.9. The summed E-state index contributed by atoms with van der Waals surface area (Å²) >= 11 is 0. The molecule has 1 saturated heterocycles. The van der Waals surface area contributed by atoms with Crippen molar-refractivity contribution in [1.29, 1.82) is 0 Å². The minimum absolute atomic E-state index is 0.222. The molecule has 7 nitrogen and oxygen atoms in total. The molecule has 8 heteroatoms. The number of aromatic nitrogens is 3. The molecular weight excluding hydrogens is 459 g/mol. The highest BCUT2D eigenvalue weighted by atomic mass is 19.1. The van der Waals surface area contributed by atoms with Gasteiger partial charge in [0.1, 0.15) is 18.8 Å². The van der Waals surface area contributed by atoms with Crippen LogP contribution in [0.15, 0.2) is 73.3 Å². The number of hydrogen-bond donors (Lipinski definition) is 0. The van der Waals surface area contributed by atoms with Crippen LogP contribution in [-0.2, 0) is 4.74 Å². The highest BCUT2D eigenvalue weighted by Crippen LogP contribution is 2.37. The zero-order chi connectivity index (χ0) is 24.7. The van der Waals surface area contributed by atoms with Crippen LogP contribution in [0.25, 0.3) is 28.1 Å². The Bertz CT molecular complexity index is 1370. The number of morpholine rings is 1. The van der Waals surface area contributed by atoms with Gasteiger partial charge in [0.15, 0.2) is 5.78 Å². The summed E-state index contributed by atoms with van der Waals surface area (Å²) in [6, 6.07) is 13.8. The number of ketones is 1. The van der Waals surface area contributed by atoms with Crippen LogP contribution in [0.3, 0.4) is 0 Å². The van der Waals surface area contributed by atoms with E-state index >= 15 is 0 Å². The molecule has 0 spiro atoms. The first-order valence-electron chi connectivity index (χ1n) is 11.8. The van der Waals surface area contributed by atoms with Crippen molar-refractivity contribution in [2.24, 2.45) is 0 Å². The van der Waals surface area contributed by atoms with Crippen LogP contribution < -0.4 is 4.74 Å². The van der Waals surface area contributed by atoms with Gasteiger partial charge in [-0.3, -0.25) is 9.69 Å². The summed E-state index contributed by atoms with van der Waals surface area (Å²) in [6.45, 7) is 4.07. The van der Waals surface area contributed by atoms with Crippen molar-refractivity contribution in [3.05, 3.63) is 90.3 Å². The Labute approximate surface area is 208 Å². The third-order valence-corrected chi connectivity index (χ3v) is 5.98. The van der Waals surface area contributed by atoms with Crippen molar-refractivity contribution in [2.75, 3.05) is 39.5 Å². The Kier molecular flexibility index (Phi) is 7.35. The summed E-state index contributed by atoms with van der Waals surface area (Å²) in [6.07, 6.45) is 7.74. The molecule has 36 heavy (non-hydrogen) atoms. The first-order valence-corrected chi connectivity index (χ1v) is 11.8. The second kappa shape index (κ2) is 11.2. The van der Waals surface area contributed by atoms with E-state index in [1.807, 2.05) is 30.3 Å². The van der Waals surface area contributed by atoms with Gasteiger partial charge in [-0.05, 0) is 35.9 Å². The van der Waals surface area contributed by atoms with E-state index in [9.17, 15) is 9.18 Å². The SMILES string of the molecule is O=C(/C=C/c1cncnc1)c1c(OCCN2CCOCC2)nc2ccc(F)cc2c1-c1ccccc1. The van der Waals surface area contributed by atoms with Crippen molar-refractivity contribution in [1.82, 2.24) is 19.9 Å². The van der Waals surface area contributed by atoms with Gasteiger partial charge >= 0.3 is 0 Å². The molecule has 0 bridgehead atoms. The fourth-order valence-corrected chi connectivity index (χ4v) is 4.20. The topological polar surface area (TPSA) is 77.4 Å². The van der Waals surface area contributed by atoms with Crippen LogP contribution in [0, 0.1) is 5.82 Å². The normalized spacial score (nSPS) is 14.4. The fraction of sp³-hybridized carbons (Fsp3) is 0.214. The molecule has 2 aromatic heterocycles. The van der Waals surface area contributed by atoms with Gasteiger partial charge in [-0.2, -0.15) is 0 Å². The number of rotatable bonds is 8. The fourth-order valence-electron chi connectivity index (χ4n) is 4.20. The van der Waals surface area contributed by atoms with Gasteiger partial charge in [-0.15, -0.1) is 0 Å². The van der Waals surface area contributed by atoms with Gasteiger partial charge in [0.05, 0.1) is 24.3 Å². The lowest BCUT2D eigenvalue weighted by molar-refractivity contribution is 0.0320. The summed E-state index contributed by atoms with van der Waals surface area (Å²) in [5.41, 5.74) is 2.87. The number of allylic oxidation sites excluding steroid dienone is 1. The summed E-state index contributed by atoms with van der Waals surface area (Å²) in [7, 11) is 0. The van der Waals surface area contributed by atoms with Crippen molar-refractivity contribution >= 4 is 22.8 Å². The van der Waals surface area contributed by atoms with Gasteiger partial charge in [0.2, 0.25) is 5.88 Å². The molecule has 0 N–H and O–H groups in total. The Hall–Kier alpha value is -4.01. The Morgan fingerprint density at radius 2 is 1.86 bits per heavy atom. The van der Waals surface area contributed by atoms with Gasteiger partial charge in [-0.1, -0.05) is 30.3 Å². The van der Waals surface area contributed by atoms with E-state index in [0.29, 0.717) is 48.4 Å². The van der Waals surface area contributed by atoms with Gasteiger partial charge in [0, 0.05) is 48.5 Å². The Balaban J connectivity index is 1.59. The molecule has 0 saturated carbocycles. The third-order valence-electron chi connectivity index (χ3n) is 5.98. The lowest BCUT2D eigenvalue weighted by atomic mass is 9.93. The predicted octanol–water partition coefficient (Wildman–Crippen LogP) is 4.44. The highest BCUT2D eigenvalue weighted by molar-refractivity contribution is 6.16. The molecule has 4 aromatic rings. The monoisotopic (exact) mass is 484 g/mol. The molecule has 0 amide bonds. The second-order valence-electron chi connectivity index (χ2n) is 8.37. The molecule has 0 aliphatic carbocycles. The van der Waals surface area contributed by atoms with E-state index in [0.717, 1.165) is 18.7 Å². The van der Waals surface area contributed by atoms with Crippen LogP contribution in [-0.4, -0.2) is 65.1 Å². The number of nitrogens with zero attached hydrogens (tertiary/aromatic N) is 4. The zero-order valence-corrected chi connectivity index (χ0v) is 19.6. The summed E-state index contributed by atoms with van der Waals surface area (Å²) in [4.78, 5) is 28.5. The molecule has 1 fully saturated rings. The van der Waals surface area contributed by atoms with Crippen LogP contribution in [0.5, 0.6) is 5.88 Å².